The number of ketones is 1. The summed E-state index contributed by atoms with van der Waals surface area (Å²) in [6.45, 7) is -3.03. The van der Waals surface area contributed by atoms with Crippen LogP contribution in [0.1, 0.15) is 47.0 Å². The first-order valence-electron chi connectivity index (χ1n) is 13.1. The second-order valence-electron chi connectivity index (χ2n) is 10.6. The number of carbonyl (C=O) groups is 1. The quantitative estimate of drug-likeness (QED) is 0.313. The summed E-state index contributed by atoms with van der Waals surface area (Å²) in [7, 11) is -2.56. The first kappa shape index (κ1) is 28.1. The van der Waals surface area contributed by atoms with Gasteiger partial charge in [-0.15, -0.1) is 26.6 Å². The lowest BCUT2D eigenvalue weighted by Gasteiger charge is -2.30. The molecule has 0 radical (unpaired) electrons. The molecule has 0 aromatic carbocycles. The van der Waals surface area contributed by atoms with E-state index in [9.17, 15) is 30.8 Å². The lowest BCUT2D eigenvalue weighted by molar-refractivity contribution is -0.119. The van der Waals surface area contributed by atoms with Crippen molar-refractivity contribution >= 4 is 38.9 Å². The number of halogens is 4. The molecule has 2 saturated carbocycles. The summed E-state index contributed by atoms with van der Waals surface area (Å²) < 4.78 is 89.5. The van der Waals surface area contributed by atoms with Crippen molar-refractivity contribution in [2.75, 3.05) is 5.32 Å². The number of aryl methyl sites for hydroxylation is 2. The van der Waals surface area contributed by atoms with Gasteiger partial charge in [-0.2, -0.15) is 8.78 Å². The van der Waals surface area contributed by atoms with Crippen LogP contribution in [0.25, 0.3) is 0 Å². The number of aromatic nitrogens is 5. The van der Waals surface area contributed by atoms with E-state index in [1.165, 1.54) is 35.5 Å². The van der Waals surface area contributed by atoms with Crippen molar-refractivity contribution in [2.45, 2.75) is 80.9 Å². The van der Waals surface area contributed by atoms with Crippen molar-refractivity contribution in [1.29, 1.82) is 0 Å². The molecule has 11 nitrogen and oxygen atoms in total. The van der Waals surface area contributed by atoms with E-state index >= 15 is 0 Å². The molecule has 222 valence electrons. The van der Waals surface area contributed by atoms with Crippen LogP contribution in [-0.4, -0.2) is 63.7 Å². The van der Waals surface area contributed by atoms with Crippen molar-refractivity contribution in [2.24, 2.45) is 13.0 Å². The highest BCUT2D eigenvalue weighted by Crippen LogP contribution is 2.43. The number of nitrogens with one attached hydrogen (secondary N) is 2. The number of alkyl halides is 4. The number of thiophene rings is 1. The van der Waals surface area contributed by atoms with E-state index in [-0.39, 0.29) is 60.7 Å². The molecule has 3 aliphatic rings. The van der Waals surface area contributed by atoms with E-state index in [1.54, 1.807) is 4.57 Å². The van der Waals surface area contributed by atoms with E-state index in [4.69, 9.17) is 0 Å². The highest BCUT2D eigenvalue weighted by molar-refractivity contribution is 7.89. The van der Waals surface area contributed by atoms with Gasteiger partial charge in [0.05, 0.1) is 10.8 Å². The standard InChI is InChI=1S/C24H27F4N7O4S2/c1-34-20(9-21(32-34)39-23(27)28)30-24-31-29-10-35(24)13-2-3-18-15(6-13)22(41(37,38)33-12-4-11(25)5-12)19(40-18)8-17(36)14-7-16(14)26/h9-14,16,23,33H,2-8H2,1H3,(H,30,31)/t11?,12?,13-,14-,16-/m0/s1. The predicted molar refractivity (Wildman–Crippen MR) is 138 cm³/mol. The van der Waals surface area contributed by atoms with Crippen LogP contribution in [-0.2, 0) is 41.1 Å². The van der Waals surface area contributed by atoms with Gasteiger partial charge in [-0.05, 0) is 44.1 Å². The maximum atomic E-state index is 13.6. The lowest BCUT2D eigenvalue weighted by Crippen LogP contribution is -2.45. The van der Waals surface area contributed by atoms with Crippen LogP contribution in [0.15, 0.2) is 17.3 Å². The number of sulfonamides is 1. The number of hydrogen-bond acceptors (Lipinski definition) is 9. The largest absolute Gasteiger partial charge is 0.415 e. The normalized spacial score (nSPS) is 25.6. The molecule has 3 aromatic rings. The fourth-order valence-electron chi connectivity index (χ4n) is 5.39. The van der Waals surface area contributed by atoms with E-state index in [1.807, 2.05) is 0 Å². The molecule has 6 rings (SSSR count). The molecule has 2 fully saturated rings. The summed E-state index contributed by atoms with van der Waals surface area (Å²) >= 11 is 1.25. The van der Waals surface area contributed by atoms with Crippen LogP contribution in [0, 0.1) is 5.92 Å². The van der Waals surface area contributed by atoms with Gasteiger partial charge in [0, 0.05) is 41.4 Å². The number of carbonyl (C=O) groups excluding carboxylic acids is 1. The van der Waals surface area contributed by atoms with E-state index < -0.39 is 40.9 Å². The maximum Gasteiger partial charge on any atom is 0.388 e. The van der Waals surface area contributed by atoms with E-state index in [0.717, 1.165) is 4.88 Å². The fourth-order valence-corrected chi connectivity index (χ4v) is 8.82. The number of rotatable bonds is 11. The molecule has 0 saturated heterocycles. The summed E-state index contributed by atoms with van der Waals surface area (Å²) in [6, 6.07) is 0.473. The first-order chi connectivity index (χ1) is 19.5. The molecule has 0 amide bonds. The van der Waals surface area contributed by atoms with E-state index in [2.05, 4.69) is 30.1 Å². The number of anilines is 2. The second-order valence-corrected chi connectivity index (χ2v) is 13.4. The third kappa shape index (κ3) is 5.70. The number of nitrogens with zero attached hydrogens (tertiary/aromatic N) is 5. The highest BCUT2D eigenvalue weighted by Gasteiger charge is 2.44. The molecule has 3 aromatic heterocycles. The zero-order valence-electron chi connectivity index (χ0n) is 21.8. The number of hydrogen-bond donors (Lipinski definition) is 2. The summed E-state index contributed by atoms with van der Waals surface area (Å²) in [5.41, 5.74) is 0.568. The zero-order valence-corrected chi connectivity index (χ0v) is 23.4. The molecular weight excluding hydrogens is 590 g/mol. The Hall–Kier alpha value is -3.05. The third-order valence-electron chi connectivity index (χ3n) is 7.66. The fraction of sp³-hybridized carbons (Fsp3) is 0.583. The molecule has 3 aliphatic carbocycles. The zero-order chi connectivity index (χ0) is 29.1. The minimum Gasteiger partial charge on any atom is -0.415 e. The third-order valence-corrected chi connectivity index (χ3v) is 10.8. The van der Waals surface area contributed by atoms with Crippen LogP contribution < -0.4 is 14.8 Å². The molecule has 41 heavy (non-hydrogen) atoms. The minimum absolute atomic E-state index is 0.0249. The van der Waals surface area contributed by atoms with Crippen molar-refractivity contribution < 1.29 is 35.5 Å². The Balaban J connectivity index is 1.28. The van der Waals surface area contributed by atoms with Gasteiger partial charge in [0.1, 0.15) is 30.3 Å². The van der Waals surface area contributed by atoms with Crippen molar-refractivity contribution in [1.82, 2.24) is 29.3 Å². The summed E-state index contributed by atoms with van der Waals surface area (Å²) in [5, 5.41) is 15.0. The molecule has 3 atom stereocenters. The van der Waals surface area contributed by atoms with Gasteiger partial charge in [-0.3, -0.25) is 9.36 Å². The van der Waals surface area contributed by atoms with Gasteiger partial charge in [0.2, 0.25) is 21.9 Å². The number of ether oxygens (including phenoxy) is 1. The molecule has 17 heteroatoms. The molecule has 0 spiro atoms. The van der Waals surface area contributed by atoms with Crippen LogP contribution >= 0.6 is 11.3 Å². The van der Waals surface area contributed by atoms with Crippen molar-refractivity contribution in [3.8, 4) is 5.88 Å². The monoisotopic (exact) mass is 617 g/mol. The Morgan fingerprint density at radius 2 is 2.02 bits per heavy atom. The highest BCUT2D eigenvalue weighted by atomic mass is 32.2. The smallest absolute Gasteiger partial charge is 0.388 e. The topological polar surface area (TPSA) is 133 Å². The molecule has 0 bridgehead atoms. The van der Waals surface area contributed by atoms with E-state index in [0.29, 0.717) is 29.1 Å². The molecule has 0 unspecified atom stereocenters. The summed E-state index contributed by atoms with van der Waals surface area (Å²) in [4.78, 5) is 13.9. The molecule has 2 N–H and O–H groups in total. The molecular formula is C24H27F4N7O4S2. The number of Topliss-reactive ketones (excluding diaryl/α,β-unsaturated/α-hetero) is 1. The number of fused-ring (bicyclic) bond motifs is 1. The summed E-state index contributed by atoms with van der Waals surface area (Å²) in [6.07, 6.45) is 0.786. The predicted octanol–water partition coefficient (Wildman–Crippen LogP) is 3.40. The van der Waals surface area contributed by atoms with Gasteiger partial charge in [-0.25, -0.2) is 26.6 Å². The minimum atomic E-state index is -4.10. The second kappa shape index (κ2) is 10.7. The van der Waals surface area contributed by atoms with Crippen molar-refractivity contribution in [3.05, 3.63) is 27.7 Å². The molecule has 3 heterocycles. The van der Waals surface area contributed by atoms with Gasteiger partial charge in [-0.1, -0.05) is 0 Å². The Bertz CT molecular complexity index is 1570. The van der Waals surface area contributed by atoms with Crippen LogP contribution in [0.5, 0.6) is 5.88 Å². The average molecular weight is 618 g/mol. The lowest BCUT2D eigenvalue weighted by atomic mass is 9.92. The summed E-state index contributed by atoms with van der Waals surface area (Å²) in [5.74, 6) is -0.712. The molecule has 0 aliphatic heterocycles. The van der Waals surface area contributed by atoms with Gasteiger partial charge in [0.25, 0.3) is 0 Å². The van der Waals surface area contributed by atoms with Crippen molar-refractivity contribution in [3.63, 3.8) is 0 Å². The Morgan fingerprint density at radius 1 is 1.27 bits per heavy atom. The Labute approximate surface area is 236 Å². The van der Waals surface area contributed by atoms with Gasteiger partial charge < -0.3 is 10.1 Å². The Morgan fingerprint density at radius 3 is 2.71 bits per heavy atom. The maximum absolute atomic E-state index is 13.6. The SMILES string of the molecule is Cn1nc(OC(F)F)cc1Nc1nncn1[C@H]1CCc2sc(CC(=O)[C@H]3C[C@@H]3F)c(S(=O)(=O)NC3CC(F)C3)c2C1. The first-order valence-corrected chi connectivity index (χ1v) is 15.4. The Kier molecular flexibility index (Phi) is 7.30. The van der Waals surface area contributed by atoms with Gasteiger partial charge >= 0.3 is 6.61 Å². The van der Waals surface area contributed by atoms with Crippen LogP contribution in [0.3, 0.4) is 0 Å². The van der Waals surface area contributed by atoms with Crippen LogP contribution in [0.4, 0.5) is 29.3 Å². The van der Waals surface area contributed by atoms with Crippen LogP contribution in [0.2, 0.25) is 0 Å². The average Bonchev–Trinajstić information content (AvgIpc) is 3.16. The van der Waals surface area contributed by atoms with Gasteiger partial charge in [0.15, 0.2) is 0 Å².